The van der Waals surface area contributed by atoms with Crippen LogP contribution in [-0.4, -0.2) is 45.6 Å². The van der Waals surface area contributed by atoms with Gasteiger partial charge >= 0.3 is 0 Å². The van der Waals surface area contributed by atoms with Gasteiger partial charge in [0.05, 0.1) is 34.8 Å². The van der Waals surface area contributed by atoms with Crippen LogP contribution in [0.25, 0.3) is 0 Å². The van der Waals surface area contributed by atoms with Crippen molar-refractivity contribution in [2.45, 2.75) is 28.5 Å². The summed E-state index contributed by atoms with van der Waals surface area (Å²) in [5.41, 5.74) is 1.42. The number of aromatic hydroxyl groups is 1. The number of phenolic OH excluding ortho intramolecular Hbond substituents is 1. The molecule has 7 rings (SSSR count). The fourth-order valence-corrected chi connectivity index (χ4v) is 9.44. The molecule has 1 N–H and O–H groups in total. The SMILES string of the molecule is COc1cc(C2C3=CCC4C(=O)N(c5ccccc5)C(=O)C4C3CC3(Cl)C(=O)N(c4ccc(F)cc4)C(=O)C23Cl)c(Br)c(Br)c1O. The lowest BCUT2D eigenvalue weighted by molar-refractivity contribution is -0.125. The first-order valence-corrected chi connectivity index (χ1v) is 16.6. The van der Waals surface area contributed by atoms with Gasteiger partial charge in [0, 0.05) is 10.4 Å². The lowest BCUT2D eigenvalue weighted by atomic mass is 9.56. The number of phenols is 1. The first-order chi connectivity index (χ1) is 21.9. The van der Waals surface area contributed by atoms with Gasteiger partial charge in [-0.25, -0.2) is 9.29 Å². The molecular formula is C33H23Br2Cl2FN2O6. The number of methoxy groups -OCH3 is 1. The second kappa shape index (κ2) is 10.9. The van der Waals surface area contributed by atoms with Crippen LogP contribution < -0.4 is 14.5 Å². The number of halogens is 5. The Labute approximate surface area is 289 Å². The predicted molar refractivity (Wildman–Crippen MR) is 176 cm³/mol. The summed E-state index contributed by atoms with van der Waals surface area (Å²) in [6.07, 6.45) is 1.77. The van der Waals surface area contributed by atoms with Crippen molar-refractivity contribution in [3.05, 3.63) is 92.6 Å². The number of allylic oxidation sites excluding steroid dienone is 2. The molecule has 2 heterocycles. The molecular weight excluding hydrogens is 770 g/mol. The van der Waals surface area contributed by atoms with Gasteiger partial charge in [-0.05, 0) is 98.6 Å². The van der Waals surface area contributed by atoms with Gasteiger partial charge in [0.25, 0.3) is 11.8 Å². The van der Waals surface area contributed by atoms with Gasteiger partial charge in [-0.15, -0.1) is 23.2 Å². The Morgan fingerprint density at radius 2 is 1.54 bits per heavy atom. The number of amides is 4. The number of carbonyl (C=O) groups is 4. The fraction of sp³-hybridized carbons (Fsp3) is 0.273. The summed E-state index contributed by atoms with van der Waals surface area (Å²) in [6, 6.07) is 14.9. The van der Waals surface area contributed by atoms with E-state index in [1.54, 1.807) is 30.3 Å². The van der Waals surface area contributed by atoms with Gasteiger partial charge in [-0.1, -0.05) is 29.8 Å². The highest BCUT2D eigenvalue weighted by Gasteiger charge is 2.77. The van der Waals surface area contributed by atoms with E-state index in [2.05, 4.69) is 31.9 Å². The van der Waals surface area contributed by atoms with Gasteiger partial charge in [0.1, 0.15) is 5.82 Å². The molecule has 0 aromatic heterocycles. The maximum Gasteiger partial charge on any atom is 0.258 e. The number of benzene rings is 3. The molecule has 2 aliphatic carbocycles. The van der Waals surface area contributed by atoms with Crippen molar-refractivity contribution in [3.63, 3.8) is 0 Å². The third-order valence-electron chi connectivity index (χ3n) is 9.62. The predicted octanol–water partition coefficient (Wildman–Crippen LogP) is 6.83. The highest BCUT2D eigenvalue weighted by molar-refractivity contribution is 9.13. The smallest absolute Gasteiger partial charge is 0.258 e. The molecule has 3 aromatic rings. The van der Waals surface area contributed by atoms with Crippen molar-refractivity contribution < 1.29 is 33.4 Å². The molecule has 236 valence electrons. The molecule has 0 radical (unpaired) electrons. The van der Waals surface area contributed by atoms with Gasteiger partial charge < -0.3 is 9.84 Å². The molecule has 6 atom stereocenters. The van der Waals surface area contributed by atoms with Crippen LogP contribution in [0, 0.1) is 23.6 Å². The number of hydrogen-bond donors (Lipinski definition) is 1. The summed E-state index contributed by atoms with van der Waals surface area (Å²) in [7, 11) is 1.36. The van der Waals surface area contributed by atoms with Crippen LogP contribution in [-0.2, 0) is 19.2 Å². The van der Waals surface area contributed by atoms with E-state index in [9.17, 15) is 28.7 Å². The third kappa shape index (κ3) is 4.07. The Hall–Kier alpha value is -3.25. The van der Waals surface area contributed by atoms with E-state index < -0.39 is 57.0 Å². The quantitative estimate of drug-likeness (QED) is 0.177. The normalized spacial score (nSPS) is 30.3. The second-order valence-corrected chi connectivity index (χ2v) is 14.6. The maximum absolute atomic E-state index is 14.6. The minimum Gasteiger partial charge on any atom is -0.503 e. The minimum absolute atomic E-state index is 0.0523. The monoisotopic (exact) mass is 790 g/mol. The van der Waals surface area contributed by atoms with Crippen molar-refractivity contribution in [1.82, 2.24) is 0 Å². The summed E-state index contributed by atoms with van der Waals surface area (Å²) in [6.45, 7) is 0. The van der Waals surface area contributed by atoms with Crippen LogP contribution >= 0.6 is 55.1 Å². The molecule has 3 fully saturated rings. The number of anilines is 2. The van der Waals surface area contributed by atoms with Crippen molar-refractivity contribution >= 4 is 90.1 Å². The standard InChI is InChI=1S/C33H23Br2Cl2FN2O6/c1-46-22-13-20(25(34)26(35)27(22)41)24-18-11-12-19-23(29(43)39(28(19)42)16-5-3-2-4-6-16)21(18)14-32(36)30(44)40(31(45)33(24,32)37)17-9-7-15(38)8-10-17/h2-11,13,19,21,23-24,41H,12,14H2,1H3. The zero-order valence-corrected chi connectivity index (χ0v) is 28.5. The summed E-state index contributed by atoms with van der Waals surface area (Å²) in [5.74, 6) is -6.73. The van der Waals surface area contributed by atoms with Crippen LogP contribution in [0.2, 0.25) is 0 Å². The van der Waals surface area contributed by atoms with E-state index in [-0.39, 0.29) is 40.4 Å². The van der Waals surface area contributed by atoms with Crippen molar-refractivity contribution in [2.24, 2.45) is 17.8 Å². The van der Waals surface area contributed by atoms with E-state index >= 15 is 0 Å². The third-order valence-corrected chi connectivity index (χ3v) is 13.2. The van der Waals surface area contributed by atoms with Crippen molar-refractivity contribution in [2.75, 3.05) is 16.9 Å². The highest BCUT2D eigenvalue weighted by Crippen LogP contribution is 2.67. The summed E-state index contributed by atoms with van der Waals surface area (Å²) < 4.78 is 19.8. The van der Waals surface area contributed by atoms with Gasteiger partial charge in [-0.2, -0.15) is 0 Å². The number of alkyl halides is 2. The molecule has 3 aromatic carbocycles. The summed E-state index contributed by atoms with van der Waals surface area (Å²) in [4.78, 5) is 54.7. The molecule has 46 heavy (non-hydrogen) atoms. The Kier molecular flexibility index (Phi) is 7.43. The van der Waals surface area contributed by atoms with E-state index in [1.165, 1.54) is 30.2 Å². The van der Waals surface area contributed by atoms with Crippen molar-refractivity contribution in [1.29, 1.82) is 0 Å². The average Bonchev–Trinajstić information content (AvgIpc) is 3.39. The number of rotatable bonds is 4. The molecule has 2 aliphatic heterocycles. The van der Waals surface area contributed by atoms with Crippen LogP contribution in [0.3, 0.4) is 0 Å². The lowest BCUT2D eigenvalue weighted by Gasteiger charge is -2.51. The number of hydrogen-bond acceptors (Lipinski definition) is 6. The Bertz CT molecular complexity index is 1890. The summed E-state index contributed by atoms with van der Waals surface area (Å²) in [5, 5.41) is 10.7. The molecule has 1 saturated carbocycles. The zero-order chi connectivity index (χ0) is 32.9. The number of nitrogens with zero attached hydrogens (tertiary/aromatic N) is 2. The molecule has 6 unspecified atom stereocenters. The average molecular weight is 793 g/mol. The molecule has 2 saturated heterocycles. The second-order valence-electron chi connectivity index (χ2n) is 11.7. The van der Waals surface area contributed by atoms with Gasteiger partial charge in [-0.3, -0.25) is 24.1 Å². The van der Waals surface area contributed by atoms with E-state index in [0.717, 1.165) is 17.0 Å². The molecule has 4 amide bonds. The highest BCUT2D eigenvalue weighted by atomic mass is 79.9. The molecule has 0 spiro atoms. The van der Waals surface area contributed by atoms with Gasteiger partial charge in [0.2, 0.25) is 11.8 Å². The molecule has 13 heteroatoms. The minimum atomic E-state index is -2.15. The topological polar surface area (TPSA) is 104 Å². The fourth-order valence-electron chi connectivity index (χ4n) is 7.55. The first kappa shape index (κ1) is 31.4. The Morgan fingerprint density at radius 1 is 0.891 bits per heavy atom. The first-order valence-electron chi connectivity index (χ1n) is 14.3. The number of para-hydroxylation sites is 1. The number of ether oxygens (including phenoxy) is 1. The molecule has 0 bridgehead atoms. The van der Waals surface area contributed by atoms with E-state index in [0.29, 0.717) is 21.3 Å². The summed E-state index contributed by atoms with van der Waals surface area (Å²) >= 11 is 21.8. The van der Waals surface area contributed by atoms with E-state index in [4.69, 9.17) is 27.9 Å². The van der Waals surface area contributed by atoms with E-state index in [1.807, 2.05) is 6.08 Å². The number of fused-ring (bicyclic) bond motifs is 4. The zero-order valence-electron chi connectivity index (χ0n) is 23.8. The van der Waals surface area contributed by atoms with Gasteiger partial charge in [0.15, 0.2) is 21.2 Å². The largest absolute Gasteiger partial charge is 0.503 e. The molecule has 4 aliphatic rings. The van der Waals surface area contributed by atoms with Crippen LogP contribution in [0.1, 0.15) is 24.3 Å². The lowest BCUT2D eigenvalue weighted by Crippen LogP contribution is -2.60. The van der Waals surface area contributed by atoms with Crippen LogP contribution in [0.4, 0.5) is 15.8 Å². The number of imide groups is 2. The van der Waals surface area contributed by atoms with Crippen molar-refractivity contribution in [3.8, 4) is 11.5 Å². The Balaban J connectivity index is 1.45. The number of carbonyl (C=O) groups excluding carboxylic acids is 4. The Morgan fingerprint density at radius 3 is 2.20 bits per heavy atom. The van der Waals surface area contributed by atoms with Crippen LogP contribution in [0.15, 0.2) is 81.3 Å². The maximum atomic E-state index is 14.6. The van der Waals surface area contributed by atoms with Crippen LogP contribution in [0.5, 0.6) is 11.5 Å². The molecule has 8 nitrogen and oxygen atoms in total.